The predicted octanol–water partition coefficient (Wildman–Crippen LogP) is 1.62. The second-order valence-electron chi connectivity index (χ2n) is 3.71. The second kappa shape index (κ2) is 4.74. The molecule has 2 aromatic rings. The molecule has 0 radical (unpaired) electrons. The Morgan fingerprint density at radius 3 is 2.47 bits per heavy atom. The van der Waals surface area contributed by atoms with Crippen LogP contribution >= 0.6 is 0 Å². The van der Waals surface area contributed by atoms with E-state index in [1.165, 1.54) is 0 Å². The average Bonchev–Trinajstić information content (AvgIpc) is 2.35. The number of rotatable bonds is 3. The Hall–Kier alpha value is -2.23. The summed E-state index contributed by atoms with van der Waals surface area (Å²) >= 11 is 0. The fourth-order valence-electron chi connectivity index (χ4n) is 1.83. The summed E-state index contributed by atoms with van der Waals surface area (Å²) in [5, 5.41) is 2.18. The highest BCUT2D eigenvalue weighted by Gasteiger charge is 2.05. The molecule has 0 spiro atoms. The smallest absolute Gasteiger partial charge is 0.186 e. The van der Waals surface area contributed by atoms with Gasteiger partial charge >= 0.3 is 0 Å². The third kappa shape index (κ3) is 2.30. The first-order chi connectivity index (χ1) is 8.22. The molecule has 2 rings (SSSR count). The molecule has 0 unspecified atom stereocenters. The lowest BCUT2D eigenvalue weighted by atomic mass is 10.0. The number of methoxy groups -OCH3 is 1. The van der Waals surface area contributed by atoms with Crippen molar-refractivity contribution in [3.8, 4) is 5.75 Å². The van der Waals surface area contributed by atoms with Crippen molar-refractivity contribution in [1.82, 2.24) is 0 Å². The molecule has 0 amide bonds. The highest BCUT2D eigenvalue weighted by atomic mass is 16.5. The Bertz CT molecular complexity index is 560. The monoisotopic (exact) mass is 229 g/mol. The number of aliphatic imine (C=N–C) groups is 1. The summed E-state index contributed by atoms with van der Waals surface area (Å²) in [6.45, 7) is 0.479. The number of benzene rings is 2. The van der Waals surface area contributed by atoms with Crippen molar-refractivity contribution in [2.75, 3.05) is 7.11 Å². The molecule has 0 aromatic heterocycles. The van der Waals surface area contributed by atoms with E-state index in [4.69, 9.17) is 16.2 Å². The van der Waals surface area contributed by atoms with Gasteiger partial charge in [-0.25, -0.2) is 4.99 Å². The van der Waals surface area contributed by atoms with Crippen LogP contribution in [0.5, 0.6) is 5.75 Å². The van der Waals surface area contributed by atoms with Crippen molar-refractivity contribution in [1.29, 1.82) is 0 Å². The molecule has 0 bridgehead atoms. The average molecular weight is 229 g/mol. The van der Waals surface area contributed by atoms with E-state index in [0.717, 1.165) is 22.1 Å². The maximum absolute atomic E-state index is 5.34. The van der Waals surface area contributed by atoms with E-state index in [0.29, 0.717) is 6.54 Å². The number of hydrogen-bond donors (Lipinski definition) is 2. The van der Waals surface area contributed by atoms with Gasteiger partial charge in [0.25, 0.3) is 0 Å². The summed E-state index contributed by atoms with van der Waals surface area (Å²) in [6, 6.07) is 11.9. The normalized spacial score (nSPS) is 10.2. The maximum atomic E-state index is 5.34. The van der Waals surface area contributed by atoms with Crippen LogP contribution in [0, 0.1) is 0 Å². The fraction of sp³-hybridized carbons (Fsp3) is 0.154. The first kappa shape index (κ1) is 11.3. The summed E-state index contributed by atoms with van der Waals surface area (Å²) in [4.78, 5) is 4.03. The van der Waals surface area contributed by atoms with Crippen LogP contribution in [0.4, 0.5) is 0 Å². The molecule has 0 atom stereocenters. The van der Waals surface area contributed by atoms with Gasteiger partial charge in [-0.15, -0.1) is 0 Å². The van der Waals surface area contributed by atoms with Gasteiger partial charge in [-0.3, -0.25) is 0 Å². The van der Waals surface area contributed by atoms with Crippen molar-refractivity contribution in [2.24, 2.45) is 16.5 Å². The zero-order valence-corrected chi connectivity index (χ0v) is 9.68. The second-order valence-corrected chi connectivity index (χ2v) is 3.71. The molecule has 4 N–H and O–H groups in total. The molecule has 0 fully saturated rings. The summed E-state index contributed by atoms with van der Waals surface area (Å²) in [7, 11) is 1.66. The summed E-state index contributed by atoms with van der Waals surface area (Å²) < 4.78 is 5.32. The van der Waals surface area contributed by atoms with Crippen LogP contribution in [-0.2, 0) is 6.54 Å². The van der Waals surface area contributed by atoms with Gasteiger partial charge in [-0.1, -0.05) is 30.3 Å². The molecule has 0 heterocycles. The van der Waals surface area contributed by atoms with Crippen LogP contribution in [0.15, 0.2) is 41.4 Å². The van der Waals surface area contributed by atoms with Gasteiger partial charge in [0, 0.05) is 5.39 Å². The fourth-order valence-corrected chi connectivity index (χ4v) is 1.83. The van der Waals surface area contributed by atoms with Crippen LogP contribution < -0.4 is 16.2 Å². The molecular weight excluding hydrogens is 214 g/mol. The first-order valence-corrected chi connectivity index (χ1v) is 5.32. The molecule has 0 aliphatic carbocycles. The molecule has 4 nitrogen and oxygen atoms in total. The van der Waals surface area contributed by atoms with Gasteiger partial charge in [-0.2, -0.15) is 0 Å². The van der Waals surface area contributed by atoms with E-state index in [2.05, 4.69) is 4.99 Å². The van der Waals surface area contributed by atoms with E-state index in [1.54, 1.807) is 7.11 Å². The number of hydrogen-bond acceptors (Lipinski definition) is 2. The number of ether oxygens (including phenoxy) is 1. The minimum Gasteiger partial charge on any atom is -0.496 e. The quantitative estimate of drug-likeness (QED) is 0.620. The Labute approximate surface area is 99.9 Å². The van der Waals surface area contributed by atoms with Gasteiger partial charge in [0.1, 0.15) is 5.75 Å². The maximum Gasteiger partial charge on any atom is 0.186 e. The van der Waals surface area contributed by atoms with E-state index >= 15 is 0 Å². The minimum absolute atomic E-state index is 0.102. The van der Waals surface area contributed by atoms with Gasteiger partial charge in [0.15, 0.2) is 5.96 Å². The van der Waals surface area contributed by atoms with Crippen LogP contribution in [-0.4, -0.2) is 13.1 Å². The number of nitrogens with zero attached hydrogens (tertiary/aromatic N) is 1. The topological polar surface area (TPSA) is 73.6 Å². The minimum atomic E-state index is 0.102. The summed E-state index contributed by atoms with van der Waals surface area (Å²) in [5.74, 6) is 0.957. The predicted molar refractivity (Wildman–Crippen MR) is 70.0 cm³/mol. The number of fused-ring (bicyclic) bond motifs is 1. The molecule has 0 saturated heterocycles. The molecule has 2 aromatic carbocycles. The van der Waals surface area contributed by atoms with Crippen LogP contribution in [0.25, 0.3) is 10.8 Å². The third-order valence-electron chi connectivity index (χ3n) is 2.63. The van der Waals surface area contributed by atoms with Crippen molar-refractivity contribution >= 4 is 16.7 Å². The molecule has 0 aliphatic rings. The Morgan fingerprint density at radius 1 is 1.12 bits per heavy atom. The van der Waals surface area contributed by atoms with Gasteiger partial charge in [0.2, 0.25) is 0 Å². The highest BCUT2D eigenvalue weighted by Crippen LogP contribution is 2.28. The Kier molecular flexibility index (Phi) is 3.14. The van der Waals surface area contributed by atoms with Gasteiger partial charge < -0.3 is 16.2 Å². The van der Waals surface area contributed by atoms with E-state index in [9.17, 15) is 0 Å². The van der Waals surface area contributed by atoms with Crippen molar-refractivity contribution in [3.63, 3.8) is 0 Å². The number of nitrogens with two attached hydrogens (primary N) is 2. The lowest BCUT2D eigenvalue weighted by molar-refractivity contribution is 0.419. The molecular formula is C13H15N3O. The van der Waals surface area contributed by atoms with Crippen LogP contribution in [0.2, 0.25) is 0 Å². The summed E-state index contributed by atoms with van der Waals surface area (Å²) in [6.07, 6.45) is 0. The Balaban J connectivity index is 2.54. The van der Waals surface area contributed by atoms with Crippen molar-refractivity contribution in [2.45, 2.75) is 6.54 Å². The lowest BCUT2D eigenvalue weighted by Crippen LogP contribution is -2.22. The molecule has 0 saturated carbocycles. The Morgan fingerprint density at radius 2 is 1.82 bits per heavy atom. The molecule has 88 valence electrons. The lowest BCUT2D eigenvalue weighted by Gasteiger charge is -2.08. The van der Waals surface area contributed by atoms with Gasteiger partial charge in [0.05, 0.1) is 13.7 Å². The molecule has 0 aliphatic heterocycles. The first-order valence-electron chi connectivity index (χ1n) is 5.32. The van der Waals surface area contributed by atoms with E-state index in [-0.39, 0.29) is 5.96 Å². The van der Waals surface area contributed by atoms with Crippen LogP contribution in [0.3, 0.4) is 0 Å². The van der Waals surface area contributed by atoms with Gasteiger partial charge in [-0.05, 0) is 17.0 Å². The highest BCUT2D eigenvalue weighted by molar-refractivity contribution is 5.91. The van der Waals surface area contributed by atoms with E-state index in [1.807, 2.05) is 36.4 Å². The standard InChI is InChI=1S/C13H15N3O/c1-17-12-7-6-9(8-16-13(14)15)10-4-2-3-5-11(10)12/h2-7H,8H2,1H3,(H4,14,15,16). The summed E-state index contributed by atoms with van der Waals surface area (Å²) in [5.41, 5.74) is 11.8. The zero-order chi connectivity index (χ0) is 12.3. The number of guanidine groups is 1. The van der Waals surface area contributed by atoms with Crippen molar-refractivity contribution in [3.05, 3.63) is 42.0 Å². The zero-order valence-electron chi connectivity index (χ0n) is 9.68. The van der Waals surface area contributed by atoms with Crippen LogP contribution in [0.1, 0.15) is 5.56 Å². The largest absolute Gasteiger partial charge is 0.496 e. The third-order valence-corrected chi connectivity index (χ3v) is 2.63. The van der Waals surface area contributed by atoms with E-state index < -0.39 is 0 Å². The molecule has 17 heavy (non-hydrogen) atoms. The molecule has 4 heteroatoms. The SMILES string of the molecule is COc1ccc(CN=C(N)N)c2ccccc12. The van der Waals surface area contributed by atoms with Crippen molar-refractivity contribution < 1.29 is 4.74 Å².